The molecule has 1 aliphatic heterocycles. The first-order chi connectivity index (χ1) is 12.1. The van der Waals surface area contributed by atoms with Gasteiger partial charge in [0.15, 0.2) is 0 Å². The van der Waals surface area contributed by atoms with Crippen LogP contribution in [0.25, 0.3) is 0 Å². The van der Waals surface area contributed by atoms with Gasteiger partial charge in [-0.3, -0.25) is 4.79 Å². The highest BCUT2D eigenvalue weighted by atomic mass is 16.2. The minimum atomic E-state index is 0.0201. The minimum Gasteiger partial charge on any atom is -0.337 e. The Bertz CT molecular complexity index is 753. The number of nitrogens with zero attached hydrogens (tertiary/aromatic N) is 4. The quantitative estimate of drug-likeness (QED) is 0.849. The molecule has 3 rings (SSSR count). The number of aromatic nitrogens is 2. The molecular weight excluding hydrogens is 312 g/mol. The first-order valence-corrected chi connectivity index (χ1v) is 9.07. The number of benzene rings is 1. The zero-order valence-corrected chi connectivity index (χ0v) is 15.3. The highest BCUT2D eigenvalue weighted by Crippen LogP contribution is 2.25. The molecule has 1 saturated heterocycles. The molecule has 1 aliphatic rings. The van der Waals surface area contributed by atoms with Crippen LogP contribution >= 0.6 is 0 Å². The van der Waals surface area contributed by atoms with E-state index in [1.807, 2.05) is 24.0 Å². The second kappa shape index (κ2) is 7.64. The molecule has 25 heavy (non-hydrogen) atoms. The third-order valence-corrected chi connectivity index (χ3v) is 4.59. The van der Waals surface area contributed by atoms with Crippen LogP contribution in [0.4, 0.5) is 11.5 Å². The van der Waals surface area contributed by atoms with Crippen LogP contribution in [0.15, 0.2) is 30.3 Å². The topological polar surface area (TPSA) is 49.3 Å². The van der Waals surface area contributed by atoms with Crippen molar-refractivity contribution in [2.75, 3.05) is 24.5 Å². The number of hydrogen-bond donors (Lipinski definition) is 0. The standard InChI is InChI=1S/C20H26N4O/c1-4-24(17-10-8-9-15(2)13-17)19-14-18(21-16(3)22-19)20(25)23-11-6-5-7-12-23/h8-10,13-14H,4-7,11-12H2,1-3H3. The maximum Gasteiger partial charge on any atom is 0.272 e. The second-order valence-corrected chi connectivity index (χ2v) is 6.59. The molecule has 5 nitrogen and oxygen atoms in total. The Labute approximate surface area is 149 Å². The number of carbonyl (C=O) groups is 1. The number of piperidine rings is 1. The predicted molar refractivity (Wildman–Crippen MR) is 100 cm³/mol. The van der Waals surface area contributed by atoms with Gasteiger partial charge in [-0.2, -0.15) is 0 Å². The van der Waals surface area contributed by atoms with Gasteiger partial charge < -0.3 is 9.80 Å². The van der Waals surface area contributed by atoms with Crippen LogP contribution in [0.3, 0.4) is 0 Å². The maximum absolute atomic E-state index is 12.8. The number of amides is 1. The third-order valence-electron chi connectivity index (χ3n) is 4.59. The molecule has 0 aliphatic carbocycles. The maximum atomic E-state index is 12.8. The summed E-state index contributed by atoms with van der Waals surface area (Å²) < 4.78 is 0. The molecule has 2 aromatic rings. The van der Waals surface area contributed by atoms with Gasteiger partial charge in [-0.25, -0.2) is 9.97 Å². The molecule has 1 aromatic heterocycles. The Balaban J connectivity index is 1.93. The predicted octanol–water partition coefficient (Wildman–Crippen LogP) is 3.88. The molecule has 0 spiro atoms. The smallest absolute Gasteiger partial charge is 0.272 e. The number of likely N-dealkylation sites (tertiary alicyclic amines) is 1. The van der Waals surface area contributed by atoms with E-state index in [4.69, 9.17) is 0 Å². The Hall–Kier alpha value is -2.43. The summed E-state index contributed by atoms with van der Waals surface area (Å²) in [5.74, 6) is 1.43. The van der Waals surface area contributed by atoms with E-state index < -0.39 is 0 Å². The summed E-state index contributed by atoms with van der Waals surface area (Å²) in [5.41, 5.74) is 2.78. The van der Waals surface area contributed by atoms with Gasteiger partial charge in [0, 0.05) is 31.4 Å². The minimum absolute atomic E-state index is 0.0201. The molecule has 1 fully saturated rings. The van der Waals surface area contributed by atoms with E-state index in [0.29, 0.717) is 11.5 Å². The molecule has 0 saturated carbocycles. The van der Waals surface area contributed by atoms with Crippen molar-refractivity contribution in [2.45, 2.75) is 40.0 Å². The lowest BCUT2D eigenvalue weighted by Crippen LogP contribution is -2.36. The van der Waals surface area contributed by atoms with Crippen molar-refractivity contribution < 1.29 is 4.79 Å². The van der Waals surface area contributed by atoms with Gasteiger partial charge in [0.25, 0.3) is 5.91 Å². The Morgan fingerprint density at radius 3 is 2.56 bits per heavy atom. The summed E-state index contributed by atoms with van der Waals surface area (Å²) in [5, 5.41) is 0. The highest BCUT2D eigenvalue weighted by molar-refractivity contribution is 5.93. The Morgan fingerprint density at radius 1 is 1.12 bits per heavy atom. The van der Waals surface area contributed by atoms with Crippen molar-refractivity contribution in [3.05, 3.63) is 47.4 Å². The lowest BCUT2D eigenvalue weighted by Gasteiger charge is -2.27. The lowest BCUT2D eigenvalue weighted by atomic mass is 10.1. The van der Waals surface area contributed by atoms with Gasteiger partial charge in [0.05, 0.1) is 0 Å². The fraction of sp³-hybridized carbons (Fsp3) is 0.450. The molecular formula is C20H26N4O. The first-order valence-electron chi connectivity index (χ1n) is 9.07. The molecule has 2 heterocycles. The van der Waals surface area contributed by atoms with E-state index in [9.17, 15) is 4.79 Å². The molecule has 5 heteroatoms. The van der Waals surface area contributed by atoms with Crippen LogP contribution in [0.2, 0.25) is 0 Å². The average Bonchev–Trinajstić information content (AvgIpc) is 2.62. The fourth-order valence-electron chi connectivity index (χ4n) is 3.33. The molecule has 0 N–H and O–H groups in total. The normalized spacial score (nSPS) is 14.4. The van der Waals surface area contributed by atoms with Crippen LogP contribution in [-0.2, 0) is 0 Å². The van der Waals surface area contributed by atoms with E-state index in [2.05, 4.69) is 46.9 Å². The van der Waals surface area contributed by atoms with Gasteiger partial charge in [-0.1, -0.05) is 12.1 Å². The fourth-order valence-corrected chi connectivity index (χ4v) is 3.33. The Kier molecular flexibility index (Phi) is 5.31. The molecule has 0 unspecified atom stereocenters. The van der Waals surface area contributed by atoms with Gasteiger partial charge in [0.1, 0.15) is 17.3 Å². The van der Waals surface area contributed by atoms with Crippen LogP contribution in [0.1, 0.15) is 48.1 Å². The van der Waals surface area contributed by atoms with E-state index in [0.717, 1.165) is 44.0 Å². The molecule has 132 valence electrons. The SMILES string of the molecule is CCN(c1cccc(C)c1)c1cc(C(=O)N2CCCCC2)nc(C)n1. The van der Waals surface area contributed by atoms with E-state index in [1.165, 1.54) is 12.0 Å². The zero-order chi connectivity index (χ0) is 17.8. The summed E-state index contributed by atoms with van der Waals surface area (Å²) in [6.07, 6.45) is 3.36. The number of hydrogen-bond acceptors (Lipinski definition) is 4. The van der Waals surface area contributed by atoms with Crippen molar-refractivity contribution in [1.82, 2.24) is 14.9 Å². The molecule has 0 atom stereocenters. The van der Waals surface area contributed by atoms with Gasteiger partial charge in [-0.15, -0.1) is 0 Å². The Morgan fingerprint density at radius 2 is 1.88 bits per heavy atom. The lowest BCUT2D eigenvalue weighted by molar-refractivity contribution is 0.0718. The number of anilines is 2. The first kappa shape index (κ1) is 17.4. The summed E-state index contributed by atoms with van der Waals surface area (Å²) >= 11 is 0. The number of rotatable bonds is 4. The van der Waals surface area contributed by atoms with Crippen LogP contribution in [0.5, 0.6) is 0 Å². The zero-order valence-electron chi connectivity index (χ0n) is 15.3. The third kappa shape index (κ3) is 3.98. The van der Waals surface area contributed by atoms with Gasteiger partial charge >= 0.3 is 0 Å². The molecule has 1 aromatic carbocycles. The van der Waals surface area contributed by atoms with E-state index in [1.54, 1.807) is 0 Å². The van der Waals surface area contributed by atoms with E-state index >= 15 is 0 Å². The van der Waals surface area contributed by atoms with Crippen molar-refractivity contribution in [3.63, 3.8) is 0 Å². The van der Waals surface area contributed by atoms with Gasteiger partial charge in [0.2, 0.25) is 0 Å². The monoisotopic (exact) mass is 338 g/mol. The van der Waals surface area contributed by atoms with Crippen molar-refractivity contribution >= 4 is 17.4 Å². The molecule has 0 radical (unpaired) electrons. The van der Waals surface area contributed by atoms with Crippen LogP contribution in [-0.4, -0.2) is 40.4 Å². The summed E-state index contributed by atoms with van der Waals surface area (Å²) in [4.78, 5) is 25.8. The number of carbonyl (C=O) groups excluding carboxylic acids is 1. The van der Waals surface area contributed by atoms with Crippen molar-refractivity contribution in [3.8, 4) is 0 Å². The summed E-state index contributed by atoms with van der Waals surface area (Å²) in [6.45, 7) is 8.44. The van der Waals surface area contributed by atoms with Crippen molar-refractivity contribution in [1.29, 1.82) is 0 Å². The van der Waals surface area contributed by atoms with Crippen LogP contribution in [0, 0.1) is 13.8 Å². The molecule has 1 amide bonds. The van der Waals surface area contributed by atoms with Gasteiger partial charge in [-0.05, 0) is 57.7 Å². The largest absolute Gasteiger partial charge is 0.337 e. The van der Waals surface area contributed by atoms with E-state index in [-0.39, 0.29) is 5.91 Å². The summed E-state index contributed by atoms with van der Waals surface area (Å²) in [7, 11) is 0. The summed E-state index contributed by atoms with van der Waals surface area (Å²) in [6, 6.07) is 10.2. The van der Waals surface area contributed by atoms with Crippen molar-refractivity contribution in [2.24, 2.45) is 0 Å². The average molecular weight is 338 g/mol. The second-order valence-electron chi connectivity index (χ2n) is 6.59. The van der Waals surface area contributed by atoms with Crippen LogP contribution < -0.4 is 4.90 Å². The highest BCUT2D eigenvalue weighted by Gasteiger charge is 2.21. The number of aryl methyl sites for hydroxylation is 2. The molecule has 0 bridgehead atoms.